The van der Waals surface area contributed by atoms with Gasteiger partial charge >= 0.3 is 41.9 Å². The normalized spacial score (nSPS) is 14.7. The van der Waals surface area contributed by atoms with Crippen molar-refractivity contribution in [2.75, 3.05) is 4.90 Å². The smallest absolute Gasteiger partial charge is 0.0114 e. The number of halogens is 2. The third-order valence-electron chi connectivity index (χ3n) is 7.91. The van der Waals surface area contributed by atoms with Crippen molar-refractivity contribution in [1.82, 2.24) is 0 Å². The van der Waals surface area contributed by atoms with Crippen LogP contribution in [0.15, 0.2) is 126 Å². The number of aryl methyl sites for hydroxylation is 2. The van der Waals surface area contributed by atoms with Crippen molar-refractivity contribution >= 4 is 32.7 Å². The third kappa shape index (κ3) is 8.44. The van der Waals surface area contributed by atoms with E-state index in [2.05, 4.69) is 168 Å². The molecule has 2 aliphatic rings. The zero-order valence-electron chi connectivity index (χ0n) is 27.3. The second kappa shape index (κ2) is 16.3. The van der Waals surface area contributed by atoms with Crippen LogP contribution < -0.4 is 29.7 Å². The van der Waals surface area contributed by atoms with Crippen molar-refractivity contribution in [2.45, 2.75) is 53.8 Å². The minimum absolute atomic E-state index is 0. The van der Waals surface area contributed by atoms with E-state index < -0.39 is 0 Å². The first-order valence-corrected chi connectivity index (χ1v) is 21.4. The number of anilines is 1. The fourth-order valence-electron chi connectivity index (χ4n) is 5.90. The Kier molecular flexibility index (Phi) is 13.4. The molecule has 0 spiro atoms. The maximum atomic E-state index is 3.53. The van der Waals surface area contributed by atoms with Crippen molar-refractivity contribution in [3.05, 3.63) is 143 Å². The quantitative estimate of drug-likeness (QED) is 0.189. The fourth-order valence-corrected chi connectivity index (χ4v) is 5.90. The van der Waals surface area contributed by atoms with Gasteiger partial charge in [-0.25, -0.2) is 0 Å². The summed E-state index contributed by atoms with van der Waals surface area (Å²) in [4.78, 5) is 2.39. The molecule has 0 amide bonds. The molecule has 45 heavy (non-hydrogen) atoms. The Labute approximate surface area is 297 Å². The standard InChI is InChI=1S/C21H17.C17H18N.C2H6Si.2ClH.Zr/c1-14-12-20-15(2)10-11-19(21(20)13-14)18-9-5-7-16-6-3-4-8-17(16)18;1-12(2)14-10-15-9-13(3)18(17(15)11-14)16-7-5-4-6-8-16;1-3-2;;;/h3-13H,1-2H3;4-9,11-13H,1-3H3;1-2H3;2*1H;/q2*-1;;;;+2/p-2. The predicted molar refractivity (Wildman–Crippen MR) is 186 cm³/mol. The number of allylic oxidation sites excluding steroid dienone is 3. The van der Waals surface area contributed by atoms with Gasteiger partial charge in [0.15, 0.2) is 0 Å². The van der Waals surface area contributed by atoms with Crippen molar-refractivity contribution in [1.29, 1.82) is 0 Å². The van der Waals surface area contributed by atoms with Gasteiger partial charge in [-0.2, -0.15) is 6.07 Å². The maximum absolute atomic E-state index is 3.53. The fraction of sp³-hybridized carbons (Fsp3) is 0.225. The van der Waals surface area contributed by atoms with E-state index in [4.69, 9.17) is 0 Å². The third-order valence-corrected chi connectivity index (χ3v) is 7.91. The molecule has 0 saturated carbocycles. The minimum Gasteiger partial charge on any atom is -1.00 e. The Morgan fingerprint density at radius 1 is 0.822 bits per heavy atom. The Morgan fingerprint density at radius 3 is 2.13 bits per heavy atom. The summed E-state index contributed by atoms with van der Waals surface area (Å²) in [5.41, 5.74) is 10.7. The van der Waals surface area contributed by atoms with Crippen molar-refractivity contribution < 1.29 is 48.1 Å². The first-order chi connectivity index (χ1) is 20.6. The summed E-state index contributed by atoms with van der Waals surface area (Å²) in [7, 11) is 0. The monoisotopic (exact) mass is 723 g/mol. The van der Waals surface area contributed by atoms with Gasteiger partial charge in [0.25, 0.3) is 0 Å². The Morgan fingerprint density at radius 2 is 1.44 bits per heavy atom. The molecule has 5 aromatic rings. The number of nitrogens with zero attached hydrogens (tertiary/aromatic N) is 1. The molecule has 0 fully saturated rings. The van der Waals surface area contributed by atoms with E-state index in [1.54, 1.807) is 23.3 Å². The SMILES string of the molecule is CC(C)C1=[C-]C2=CC(C)N(c3ccccc3)C2=C1.C[Si](C)=[Zr+2].Cc1cc2c(-c3cccc4ccccc34)ccc(C)c2[cH-]1.[Cl-].[Cl-]. The molecule has 7 rings (SSSR count). The van der Waals surface area contributed by atoms with Crippen LogP contribution in [0.2, 0.25) is 13.1 Å². The van der Waals surface area contributed by atoms with Gasteiger partial charge in [0, 0.05) is 11.7 Å². The number of hydrogen-bond donors (Lipinski definition) is 0. The van der Waals surface area contributed by atoms with Crippen molar-refractivity contribution in [2.24, 2.45) is 5.92 Å². The molecule has 0 radical (unpaired) electrons. The van der Waals surface area contributed by atoms with Crippen LogP contribution in [0.5, 0.6) is 0 Å². The summed E-state index contributed by atoms with van der Waals surface area (Å²) in [5, 5.41) is 5.36. The van der Waals surface area contributed by atoms with Gasteiger partial charge in [-0.3, -0.25) is 0 Å². The summed E-state index contributed by atoms with van der Waals surface area (Å²) in [6, 6.07) is 35.3. The van der Waals surface area contributed by atoms with E-state index in [0.717, 1.165) is 0 Å². The second-order valence-electron chi connectivity index (χ2n) is 12.1. The van der Waals surface area contributed by atoms with Crippen LogP contribution in [0.3, 0.4) is 0 Å². The molecule has 0 saturated heterocycles. The van der Waals surface area contributed by atoms with Gasteiger partial charge in [-0.1, -0.05) is 106 Å². The van der Waals surface area contributed by atoms with Crippen LogP contribution >= 0.6 is 0 Å². The van der Waals surface area contributed by atoms with Gasteiger partial charge in [0.1, 0.15) is 0 Å². The summed E-state index contributed by atoms with van der Waals surface area (Å²) in [5.74, 6) is 0.539. The van der Waals surface area contributed by atoms with Crippen LogP contribution in [0.4, 0.5) is 5.69 Å². The Bertz CT molecular complexity index is 1870. The summed E-state index contributed by atoms with van der Waals surface area (Å²) in [6.45, 7) is 15.7. The number of rotatable bonds is 3. The molecule has 1 heterocycles. The molecule has 230 valence electrons. The zero-order chi connectivity index (χ0) is 30.7. The van der Waals surface area contributed by atoms with Crippen molar-refractivity contribution in [3.8, 4) is 11.1 Å². The largest absolute Gasteiger partial charge is 1.00 e. The van der Waals surface area contributed by atoms with Gasteiger partial charge in [0.2, 0.25) is 0 Å². The first-order valence-electron chi connectivity index (χ1n) is 15.2. The summed E-state index contributed by atoms with van der Waals surface area (Å²) >= 11 is 1.74. The molecule has 5 aromatic carbocycles. The van der Waals surface area contributed by atoms with E-state index in [1.165, 1.54) is 66.3 Å². The summed E-state index contributed by atoms with van der Waals surface area (Å²) in [6.07, 6.45) is 8.11. The number of fused-ring (bicyclic) bond motifs is 3. The second-order valence-corrected chi connectivity index (χ2v) is 21.5. The molecule has 1 nitrogen and oxygen atoms in total. The molecular weight excluding hydrogens is 685 g/mol. The van der Waals surface area contributed by atoms with Gasteiger partial charge in [0.05, 0.1) is 0 Å². The molecule has 1 aliphatic carbocycles. The van der Waals surface area contributed by atoms with Gasteiger partial charge in [-0.05, 0) is 41.3 Å². The van der Waals surface area contributed by atoms with E-state index in [9.17, 15) is 0 Å². The van der Waals surface area contributed by atoms with E-state index in [0.29, 0.717) is 12.0 Å². The van der Waals surface area contributed by atoms with Crippen LogP contribution in [-0.4, -0.2) is 11.5 Å². The van der Waals surface area contributed by atoms with Crippen LogP contribution in [0.25, 0.3) is 32.7 Å². The van der Waals surface area contributed by atoms with E-state index in [-0.39, 0.29) is 30.2 Å². The topological polar surface area (TPSA) is 3.24 Å². The molecule has 0 N–H and O–H groups in total. The molecular formula is C40H41Cl2NSiZr-2. The van der Waals surface area contributed by atoms with E-state index >= 15 is 0 Å². The van der Waals surface area contributed by atoms with Crippen LogP contribution in [0, 0.1) is 25.8 Å². The Hall–Kier alpha value is -2.55. The number of hydrogen-bond acceptors (Lipinski definition) is 1. The van der Waals surface area contributed by atoms with Gasteiger partial charge in [-0.15, -0.1) is 63.4 Å². The number of benzene rings is 4. The average Bonchev–Trinajstić information content (AvgIpc) is 3.66. The molecule has 1 atom stereocenters. The van der Waals surface area contributed by atoms with Gasteiger partial charge < -0.3 is 29.7 Å². The van der Waals surface area contributed by atoms with Crippen LogP contribution in [-0.2, 0) is 23.3 Å². The Balaban J connectivity index is 0.000000213. The minimum atomic E-state index is 0. The molecule has 1 unspecified atom stereocenters. The van der Waals surface area contributed by atoms with E-state index in [1.807, 2.05) is 0 Å². The van der Waals surface area contributed by atoms with Crippen molar-refractivity contribution in [3.63, 3.8) is 0 Å². The number of para-hydroxylation sites is 1. The molecule has 0 aromatic heterocycles. The molecule has 5 heteroatoms. The first kappa shape index (κ1) is 36.9. The molecule has 1 aliphatic heterocycles. The zero-order valence-corrected chi connectivity index (χ0v) is 32.2. The molecule has 0 bridgehead atoms. The average molecular weight is 726 g/mol. The predicted octanol–water partition coefficient (Wildman–Crippen LogP) is 4.89. The summed E-state index contributed by atoms with van der Waals surface area (Å²) < 4.78 is 0. The maximum Gasteiger partial charge on any atom is -0.0114 e. The van der Waals surface area contributed by atoms with Crippen LogP contribution in [0.1, 0.15) is 31.9 Å².